The molecule has 1 atom stereocenters. The molecule has 0 fully saturated rings. The summed E-state index contributed by atoms with van der Waals surface area (Å²) in [6.45, 7) is 0. The monoisotopic (exact) mass is 256 g/mol. The molecule has 0 saturated heterocycles. The van der Waals surface area contributed by atoms with E-state index in [2.05, 4.69) is 0 Å². The zero-order valence-electron chi connectivity index (χ0n) is 7.55. The van der Waals surface area contributed by atoms with E-state index in [9.17, 15) is 22.4 Å². The molecule has 1 aromatic rings. The van der Waals surface area contributed by atoms with Gasteiger partial charge in [-0.1, -0.05) is 23.7 Å². The van der Waals surface area contributed by atoms with Crippen molar-refractivity contribution in [2.24, 2.45) is 0 Å². The zero-order chi connectivity index (χ0) is 12.6. The Kier molecular flexibility index (Phi) is 3.14. The number of carbonyl (C=O) groups is 1. The minimum atomic E-state index is -5.55. The van der Waals surface area contributed by atoms with Crippen LogP contribution in [0.3, 0.4) is 0 Å². The van der Waals surface area contributed by atoms with Gasteiger partial charge in [-0.3, -0.25) is 0 Å². The lowest BCUT2D eigenvalue weighted by atomic mass is 9.95. The van der Waals surface area contributed by atoms with E-state index in [4.69, 9.17) is 16.7 Å². The van der Waals surface area contributed by atoms with E-state index >= 15 is 0 Å². The van der Waals surface area contributed by atoms with Crippen LogP contribution in [0.15, 0.2) is 24.3 Å². The summed E-state index contributed by atoms with van der Waals surface area (Å²) in [5.74, 6) is -2.62. The number of rotatable bonds is 2. The van der Waals surface area contributed by atoms with Gasteiger partial charge in [0.05, 0.1) is 0 Å². The summed E-state index contributed by atoms with van der Waals surface area (Å²) in [7, 11) is 0. The summed E-state index contributed by atoms with van der Waals surface area (Å²) in [6, 6.07) is 3.60. The molecule has 0 aliphatic heterocycles. The van der Waals surface area contributed by atoms with E-state index in [1.807, 2.05) is 0 Å². The van der Waals surface area contributed by atoms with Crippen LogP contribution in [0.4, 0.5) is 17.6 Å². The van der Waals surface area contributed by atoms with Gasteiger partial charge in [0.15, 0.2) is 0 Å². The molecule has 88 valence electrons. The lowest BCUT2D eigenvalue weighted by Gasteiger charge is -2.23. The Hall–Kier alpha value is -1.30. The van der Waals surface area contributed by atoms with Gasteiger partial charge in [0.2, 0.25) is 0 Å². The molecule has 1 rings (SSSR count). The third-order valence-corrected chi connectivity index (χ3v) is 2.14. The SMILES string of the molecule is O=C(O)C(F)(c1cccc(Cl)c1)C(F)(F)F. The van der Waals surface area contributed by atoms with Crippen LogP contribution in [0.2, 0.25) is 5.02 Å². The summed E-state index contributed by atoms with van der Waals surface area (Å²) >= 11 is 5.38. The molecule has 0 aliphatic rings. The van der Waals surface area contributed by atoms with Crippen molar-refractivity contribution in [3.8, 4) is 0 Å². The molecule has 1 aromatic carbocycles. The largest absolute Gasteiger partial charge is 0.478 e. The summed E-state index contributed by atoms with van der Waals surface area (Å²) in [5.41, 5.74) is -5.50. The highest BCUT2D eigenvalue weighted by atomic mass is 35.5. The minimum absolute atomic E-state index is 0.176. The van der Waals surface area contributed by atoms with Crippen molar-refractivity contribution in [2.75, 3.05) is 0 Å². The number of carboxylic acids is 1. The Morgan fingerprint density at radius 2 is 1.81 bits per heavy atom. The Labute approximate surface area is 92.4 Å². The van der Waals surface area contributed by atoms with Crippen LogP contribution < -0.4 is 0 Å². The molecule has 7 heteroatoms. The molecular weight excluding hydrogens is 252 g/mol. The van der Waals surface area contributed by atoms with Crippen molar-refractivity contribution in [1.82, 2.24) is 0 Å². The maximum atomic E-state index is 13.6. The molecule has 0 bridgehead atoms. The van der Waals surface area contributed by atoms with Crippen molar-refractivity contribution in [3.63, 3.8) is 0 Å². The lowest BCUT2D eigenvalue weighted by molar-refractivity contribution is -0.240. The van der Waals surface area contributed by atoms with Crippen molar-refractivity contribution in [1.29, 1.82) is 0 Å². The van der Waals surface area contributed by atoms with Crippen LogP contribution in [0.25, 0.3) is 0 Å². The van der Waals surface area contributed by atoms with Crippen LogP contribution in [0.5, 0.6) is 0 Å². The topological polar surface area (TPSA) is 37.3 Å². The van der Waals surface area contributed by atoms with Gasteiger partial charge in [-0.2, -0.15) is 13.2 Å². The van der Waals surface area contributed by atoms with Gasteiger partial charge < -0.3 is 5.11 Å². The fourth-order valence-electron chi connectivity index (χ4n) is 1.11. The fourth-order valence-corrected chi connectivity index (χ4v) is 1.30. The molecule has 0 radical (unpaired) electrons. The Morgan fingerprint density at radius 1 is 1.25 bits per heavy atom. The standard InChI is InChI=1S/C9H5ClF4O2/c10-6-3-1-2-5(4-6)8(11,7(15)16)9(12,13)14/h1-4H,(H,15,16). The molecule has 1 unspecified atom stereocenters. The van der Waals surface area contributed by atoms with Crippen molar-refractivity contribution >= 4 is 17.6 Å². The molecule has 0 aromatic heterocycles. The average molecular weight is 257 g/mol. The van der Waals surface area contributed by atoms with Gasteiger partial charge in [0, 0.05) is 10.6 Å². The van der Waals surface area contributed by atoms with E-state index in [1.165, 1.54) is 6.07 Å². The average Bonchev–Trinajstić information content (AvgIpc) is 2.14. The van der Waals surface area contributed by atoms with Crippen LogP contribution in [-0.2, 0) is 10.5 Å². The lowest BCUT2D eigenvalue weighted by Crippen LogP contribution is -2.45. The maximum Gasteiger partial charge on any atom is 0.437 e. The number of carboxylic acid groups (broad SMARTS) is 1. The quantitative estimate of drug-likeness (QED) is 0.826. The van der Waals surface area contributed by atoms with Gasteiger partial charge >= 0.3 is 17.8 Å². The molecule has 0 spiro atoms. The van der Waals surface area contributed by atoms with Crippen LogP contribution in [-0.4, -0.2) is 17.3 Å². The first kappa shape index (κ1) is 12.8. The normalized spacial score (nSPS) is 15.6. The number of alkyl halides is 4. The second-order valence-electron chi connectivity index (χ2n) is 2.97. The first-order valence-corrected chi connectivity index (χ1v) is 4.32. The third kappa shape index (κ3) is 1.97. The molecule has 16 heavy (non-hydrogen) atoms. The highest BCUT2D eigenvalue weighted by molar-refractivity contribution is 6.30. The van der Waals surface area contributed by atoms with E-state index < -0.39 is 23.4 Å². The van der Waals surface area contributed by atoms with E-state index in [0.29, 0.717) is 12.1 Å². The van der Waals surface area contributed by atoms with E-state index in [1.54, 1.807) is 0 Å². The van der Waals surface area contributed by atoms with Crippen LogP contribution in [0.1, 0.15) is 5.56 Å². The van der Waals surface area contributed by atoms with E-state index in [-0.39, 0.29) is 5.02 Å². The number of aliphatic carboxylic acids is 1. The number of benzene rings is 1. The number of hydrogen-bond acceptors (Lipinski definition) is 1. The van der Waals surface area contributed by atoms with Crippen molar-refractivity contribution in [2.45, 2.75) is 11.8 Å². The first-order chi connectivity index (χ1) is 7.19. The summed E-state index contributed by atoms with van der Waals surface area (Å²) < 4.78 is 50.7. The van der Waals surface area contributed by atoms with E-state index in [0.717, 1.165) is 6.07 Å². The number of hydrogen-bond donors (Lipinski definition) is 1. The van der Waals surface area contributed by atoms with Gasteiger partial charge in [-0.25, -0.2) is 9.18 Å². The summed E-state index contributed by atoms with van der Waals surface area (Å²) in [5, 5.41) is 8.20. The van der Waals surface area contributed by atoms with Crippen LogP contribution in [0, 0.1) is 0 Å². The predicted octanol–water partition coefficient (Wildman–Crippen LogP) is 3.15. The first-order valence-electron chi connectivity index (χ1n) is 3.94. The Bertz CT molecular complexity index is 418. The highest BCUT2D eigenvalue weighted by Gasteiger charge is 2.63. The highest BCUT2D eigenvalue weighted by Crippen LogP contribution is 2.43. The second-order valence-corrected chi connectivity index (χ2v) is 3.41. The summed E-state index contributed by atoms with van der Waals surface area (Å²) in [6.07, 6.45) is -5.55. The molecule has 0 amide bonds. The van der Waals surface area contributed by atoms with Gasteiger partial charge in [-0.05, 0) is 12.1 Å². The summed E-state index contributed by atoms with van der Waals surface area (Å²) in [4.78, 5) is 10.4. The third-order valence-electron chi connectivity index (χ3n) is 1.91. The Balaban J connectivity index is 3.39. The van der Waals surface area contributed by atoms with Crippen LogP contribution >= 0.6 is 11.6 Å². The fraction of sp³-hybridized carbons (Fsp3) is 0.222. The second kappa shape index (κ2) is 3.93. The smallest absolute Gasteiger partial charge is 0.437 e. The van der Waals surface area contributed by atoms with Gasteiger partial charge in [0.25, 0.3) is 0 Å². The number of halogens is 5. The van der Waals surface area contributed by atoms with Gasteiger partial charge in [-0.15, -0.1) is 0 Å². The molecule has 0 heterocycles. The zero-order valence-corrected chi connectivity index (χ0v) is 8.31. The maximum absolute atomic E-state index is 13.6. The molecule has 2 nitrogen and oxygen atoms in total. The molecule has 0 saturated carbocycles. The van der Waals surface area contributed by atoms with Crippen molar-refractivity contribution < 1.29 is 27.5 Å². The molecular formula is C9H5ClF4O2. The van der Waals surface area contributed by atoms with Crippen molar-refractivity contribution in [3.05, 3.63) is 34.9 Å². The predicted molar refractivity (Wildman–Crippen MR) is 47.9 cm³/mol. The Morgan fingerprint density at radius 3 is 2.19 bits per heavy atom. The molecule has 0 aliphatic carbocycles. The molecule has 1 N–H and O–H groups in total. The minimum Gasteiger partial charge on any atom is -0.478 e. The van der Waals surface area contributed by atoms with Gasteiger partial charge in [0.1, 0.15) is 0 Å².